The summed E-state index contributed by atoms with van der Waals surface area (Å²) < 4.78 is 25.4. The predicted octanol–water partition coefficient (Wildman–Crippen LogP) is 1.24. The third kappa shape index (κ3) is 3.99. The normalized spacial score (nSPS) is 23.0. The molecule has 1 fully saturated rings. The Hall–Kier alpha value is -1.05. The molecule has 0 unspecified atom stereocenters. The molecule has 1 aliphatic rings. The van der Waals surface area contributed by atoms with Crippen LogP contribution < -0.4 is 4.72 Å². The minimum Gasteiger partial charge on any atom is -0.333 e. The van der Waals surface area contributed by atoms with Gasteiger partial charge >= 0.3 is 0 Å². The molecule has 116 valence electrons. The van der Waals surface area contributed by atoms with Crippen LogP contribution in [0, 0.1) is 0 Å². The van der Waals surface area contributed by atoms with Gasteiger partial charge in [0, 0.05) is 17.5 Å². The summed E-state index contributed by atoms with van der Waals surface area (Å²) in [5.74, 6) is -0.00887. The lowest BCUT2D eigenvalue weighted by Gasteiger charge is -2.40. The van der Waals surface area contributed by atoms with E-state index in [9.17, 15) is 13.2 Å². The van der Waals surface area contributed by atoms with Gasteiger partial charge in [-0.1, -0.05) is 37.3 Å². The number of amides is 1. The first-order chi connectivity index (χ1) is 9.94. The summed E-state index contributed by atoms with van der Waals surface area (Å²) in [6, 6.07) is 9.70. The molecule has 0 radical (unpaired) electrons. The fraction of sp³-hybridized carbons (Fsp3) is 0.500. The molecule has 0 bridgehead atoms. The Morgan fingerprint density at radius 1 is 1.38 bits per heavy atom. The maximum Gasteiger partial charge on any atom is 0.239 e. The highest BCUT2D eigenvalue weighted by molar-refractivity contribution is 8.00. The molecule has 0 spiro atoms. The van der Waals surface area contributed by atoms with Crippen LogP contribution in [0.5, 0.6) is 0 Å². The minimum absolute atomic E-state index is 0.0792. The van der Waals surface area contributed by atoms with Gasteiger partial charge < -0.3 is 4.90 Å². The Kier molecular flexibility index (Phi) is 5.29. The van der Waals surface area contributed by atoms with Crippen LogP contribution in [0.1, 0.15) is 18.5 Å². The molecule has 21 heavy (non-hydrogen) atoms. The molecule has 0 saturated carbocycles. The van der Waals surface area contributed by atoms with Crippen molar-refractivity contribution in [1.29, 1.82) is 0 Å². The van der Waals surface area contributed by atoms with Crippen molar-refractivity contribution < 1.29 is 13.2 Å². The Morgan fingerprint density at radius 3 is 2.67 bits per heavy atom. The monoisotopic (exact) mass is 328 g/mol. The van der Waals surface area contributed by atoms with Crippen LogP contribution in [0.25, 0.3) is 0 Å². The van der Waals surface area contributed by atoms with Crippen LogP contribution in [0.15, 0.2) is 30.3 Å². The third-order valence-electron chi connectivity index (χ3n) is 3.58. The van der Waals surface area contributed by atoms with Crippen LogP contribution >= 0.6 is 11.8 Å². The van der Waals surface area contributed by atoms with Gasteiger partial charge in [0.25, 0.3) is 0 Å². The number of nitrogens with one attached hydrogen (secondary N) is 1. The number of sulfonamides is 1. The van der Waals surface area contributed by atoms with Crippen LogP contribution in [0.3, 0.4) is 0 Å². The van der Waals surface area contributed by atoms with Crippen LogP contribution in [-0.4, -0.2) is 49.6 Å². The van der Waals surface area contributed by atoms with Crippen molar-refractivity contribution in [3.8, 4) is 0 Å². The van der Waals surface area contributed by atoms with Crippen molar-refractivity contribution in [2.24, 2.45) is 0 Å². The van der Waals surface area contributed by atoms with E-state index in [0.29, 0.717) is 6.54 Å². The van der Waals surface area contributed by atoms with Crippen LogP contribution in [-0.2, 0) is 14.8 Å². The molecule has 1 aromatic carbocycles. The number of thioether (sulfide) groups is 1. The molecule has 2 rings (SSSR count). The molecule has 7 heteroatoms. The Balaban J connectivity index is 2.25. The number of carbonyl (C=O) groups excluding carboxylic acids is 1. The SMILES string of the molecule is CNS(=O)(=O)CC(=O)N1CCS[C@@H](C)[C@@H]1c1ccccc1. The molecule has 0 aliphatic carbocycles. The minimum atomic E-state index is -3.54. The highest BCUT2D eigenvalue weighted by Gasteiger charge is 2.34. The van der Waals surface area contributed by atoms with E-state index < -0.39 is 15.8 Å². The lowest BCUT2D eigenvalue weighted by atomic mass is 10.0. The Bertz CT molecular complexity index is 589. The molecular formula is C14H20N2O3S2. The fourth-order valence-corrected chi connectivity index (χ4v) is 4.31. The topological polar surface area (TPSA) is 66.5 Å². The van der Waals surface area contributed by atoms with Crippen molar-refractivity contribution in [3.05, 3.63) is 35.9 Å². The summed E-state index contributed by atoms with van der Waals surface area (Å²) in [4.78, 5) is 14.1. The van der Waals surface area contributed by atoms with E-state index in [2.05, 4.69) is 11.6 Å². The third-order valence-corrected chi connectivity index (χ3v) is 6.03. The number of nitrogens with zero attached hydrogens (tertiary/aromatic N) is 1. The first-order valence-corrected chi connectivity index (χ1v) is 9.52. The van der Waals surface area contributed by atoms with Gasteiger partial charge in [-0.05, 0) is 12.6 Å². The standard InChI is InChI=1S/C14H20N2O3S2/c1-11-14(12-6-4-3-5-7-12)16(8-9-20-11)13(17)10-21(18,19)15-2/h3-7,11,14-15H,8-10H2,1-2H3/t11-,14+/m0/s1. The first kappa shape index (κ1) is 16.3. The number of rotatable bonds is 4. The number of hydrogen-bond acceptors (Lipinski definition) is 4. The summed E-state index contributed by atoms with van der Waals surface area (Å²) >= 11 is 1.81. The van der Waals surface area contributed by atoms with Gasteiger partial charge in [0.05, 0.1) is 6.04 Å². The van der Waals surface area contributed by atoms with E-state index in [-0.39, 0.29) is 17.2 Å². The summed E-state index contributed by atoms with van der Waals surface area (Å²) in [6.45, 7) is 2.65. The van der Waals surface area contributed by atoms with Gasteiger partial charge in [0.2, 0.25) is 15.9 Å². The zero-order valence-electron chi connectivity index (χ0n) is 12.2. The molecule has 2 atom stereocenters. The van der Waals surface area contributed by atoms with Gasteiger partial charge in [-0.25, -0.2) is 13.1 Å². The molecule has 5 nitrogen and oxygen atoms in total. The molecule has 1 amide bonds. The molecular weight excluding hydrogens is 308 g/mol. The Labute approximate surface area is 130 Å². The highest BCUT2D eigenvalue weighted by Crippen LogP contribution is 2.35. The highest BCUT2D eigenvalue weighted by atomic mass is 32.2. The molecule has 0 aromatic heterocycles. The second-order valence-corrected chi connectivity index (χ2v) is 8.39. The van der Waals surface area contributed by atoms with Crippen LogP contribution in [0.4, 0.5) is 0 Å². The number of carbonyl (C=O) groups is 1. The molecule has 1 heterocycles. The quantitative estimate of drug-likeness (QED) is 0.903. The van der Waals surface area contributed by atoms with Gasteiger partial charge in [-0.2, -0.15) is 11.8 Å². The van der Waals surface area contributed by atoms with Crippen molar-refractivity contribution in [2.75, 3.05) is 25.1 Å². The van der Waals surface area contributed by atoms with Gasteiger partial charge in [0.1, 0.15) is 5.75 Å². The lowest BCUT2D eigenvalue weighted by Crippen LogP contribution is -2.47. The molecule has 1 N–H and O–H groups in total. The van der Waals surface area contributed by atoms with E-state index in [1.807, 2.05) is 30.3 Å². The summed E-state index contributed by atoms with van der Waals surface area (Å²) in [5.41, 5.74) is 1.05. The van der Waals surface area contributed by atoms with E-state index in [0.717, 1.165) is 11.3 Å². The predicted molar refractivity (Wildman–Crippen MR) is 85.7 cm³/mol. The second kappa shape index (κ2) is 6.81. The molecule has 1 saturated heterocycles. The van der Waals surface area contributed by atoms with Gasteiger partial charge in [-0.15, -0.1) is 0 Å². The first-order valence-electron chi connectivity index (χ1n) is 6.82. The summed E-state index contributed by atoms with van der Waals surface area (Å²) in [5, 5.41) is 0.238. The van der Waals surface area contributed by atoms with Gasteiger partial charge in [0.15, 0.2) is 0 Å². The van der Waals surface area contributed by atoms with E-state index in [1.165, 1.54) is 7.05 Å². The lowest BCUT2D eigenvalue weighted by molar-refractivity contribution is -0.130. The van der Waals surface area contributed by atoms with Crippen molar-refractivity contribution >= 4 is 27.7 Å². The zero-order chi connectivity index (χ0) is 15.5. The van der Waals surface area contributed by atoms with Crippen LogP contribution in [0.2, 0.25) is 0 Å². The smallest absolute Gasteiger partial charge is 0.239 e. The van der Waals surface area contributed by atoms with Crippen molar-refractivity contribution in [3.63, 3.8) is 0 Å². The fourth-order valence-electron chi connectivity index (χ4n) is 2.52. The summed E-state index contributed by atoms with van der Waals surface area (Å²) in [7, 11) is -2.21. The van der Waals surface area contributed by atoms with E-state index in [1.54, 1.807) is 16.7 Å². The maximum atomic E-state index is 12.4. The molecule has 1 aliphatic heterocycles. The van der Waals surface area contributed by atoms with Gasteiger partial charge in [-0.3, -0.25) is 4.79 Å². The van der Waals surface area contributed by atoms with E-state index >= 15 is 0 Å². The summed E-state index contributed by atoms with van der Waals surface area (Å²) in [6.07, 6.45) is 0. The van der Waals surface area contributed by atoms with Crippen molar-refractivity contribution in [2.45, 2.75) is 18.2 Å². The zero-order valence-corrected chi connectivity index (χ0v) is 13.8. The largest absolute Gasteiger partial charge is 0.333 e. The number of benzene rings is 1. The van der Waals surface area contributed by atoms with Crippen molar-refractivity contribution in [1.82, 2.24) is 9.62 Å². The maximum absolute atomic E-state index is 12.4. The average Bonchev–Trinajstić information content (AvgIpc) is 2.47. The van der Waals surface area contributed by atoms with E-state index in [4.69, 9.17) is 0 Å². The Morgan fingerprint density at radius 2 is 2.05 bits per heavy atom. The average molecular weight is 328 g/mol. The second-order valence-electron chi connectivity index (χ2n) is 4.98. The molecule has 1 aromatic rings. The number of hydrogen-bond donors (Lipinski definition) is 1.